The van der Waals surface area contributed by atoms with E-state index in [9.17, 15) is 8.42 Å². The van der Waals surface area contributed by atoms with Gasteiger partial charge in [-0.25, -0.2) is 0 Å². The highest BCUT2D eigenvalue weighted by Gasteiger charge is 2.23. The molecule has 0 saturated carbocycles. The molecule has 0 atom stereocenters. The van der Waals surface area contributed by atoms with Crippen LogP contribution >= 0.6 is 34.7 Å². The molecular formula is C13H11ClN4O2S3. The fraction of sp³-hybridized carbons (Fsp3) is 0.0769. The number of benzene rings is 1. The summed E-state index contributed by atoms with van der Waals surface area (Å²) < 4.78 is 25.8. The second-order valence-electron chi connectivity index (χ2n) is 4.45. The van der Waals surface area contributed by atoms with Crippen molar-refractivity contribution in [3.8, 4) is 0 Å². The van der Waals surface area contributed by atoms with Gasteiger partial charge in [0.05, 0.1) is 0 Å². The first-order valence-electron chi connectivity index (χ1n) is 6.36. The molecule has 2 heterocycles. The van der Waals surface area contributed by atoms with Crippen molar-refractivity contribution in [2.24, 2.45) is 0 Å². The van der Waals surface area contributed by atoms with E-state index in [0.29, 0.717) is 15.9 Å². The van der Waals surface area contributed by atoms with Gasteiger partial charge in [0.15, 0.2) is 0 Å². The molecule has 0 radical (unpaired) electrons. The molecule has 3 aromatic rings. The van der Waals surface area contributed by atoms with Crippen LogP contribution in [0.15, 0.2) is 51.1 Å². The Morgan fingerprint density at radius 2 is 2.00 bits per heavy atom. The topological polar surface area (TPSA) is 90.9 Å². The molecule has 0 spiro atoms. The standard InChI is InChI=1S/C13H11ClN4O2S3/c14-10-5-3-9(4-6-10)8-22-13-16-12(15)18(17-13)23(19,20)11-2-1-7-21-11/h1-7H,8H2,(H2,15,16,17). The van der Waals surface area contributed by atoms with Gasteiger partial charge in [-0.15, -0.1) is 20.5 Å². The van der Waals surface area contributed by atoms with Crippen LogP contribution in [0.5, 0.6) is 0 Å². The van der Waals surface area contributed by atoms with E-state index in [2.05, 4.69) is 10.1 Å². The maximum atomic E-state index is 12.4. The summed E-state index contributed by atoms with van der Waals surface area (Å²) in [6.45, 7) is 0. The fourth-order valence-electron chi connectivity index (χ4n) is 1.75. The Bertz CT molecular complexity index is 905. The summed E-state index contributed by atoms with van der Waals surface area (Å²) in [6.07, 6.45) is 0. The molecule has 0 aliphatic heterocycles. The second-order valence-corrected chi connectivity index (χ2v) is 8.77. The lowest BCUT2D eigenvalue weighted by Crippen LogP contribution is -2.16. The molecule has 0 aliphatic carbocycles. The van der Waals surface area contributed by atoms with Crippen molar-refractivity contribution in [3.63, 3.8) is 0 Å². The van der Waals surface area contributed by atoms with Crippen molar-refractivity contribution < 1.29 is 8.42 Å². The number of halogens is 1. The van der Waals surface area contributed by atoms with Crippen LogP contribution in [-0.2, 0) is 15.8 Å². The summed E-state index contributed by atoms with van der Waals surface area (Å²) >= 11 is 8.24. The first-order valence-corrected chi connectivity index (χ1v) is 10.0. The molecule has 0 unspecified atom stereocenters. The smallest absolute Gasteiger partial charge is 0.295 e. The Morgan fingerprint density at radius 3 is 2.65 bits per heavy atom. The minimum atomic E-state index is -3.79. The molecule has 0 saturated heterocycles. The number of rotatable bonds is 5. The van der Waals surface area contributed by atoms with Gasteiger partial charge in [-0.3, -0.25) is 0 Å². The molecule has 2 N–H and O–H groups in total. The van der Waals surface area contributed by atoms with Crippen LogP contribution in [0.1, 0.15) is 5.56 Å². The van der Waals surface area contributed by atoms with Crippen LogP contribution in [0.3, 0.4) is 0 Å². The van der Waals surface area contributed by atoms with Crippen LogP contribution in [0.2, 0.25) is 5.02 Å². The van der Waals surface area contributed by atoms with Crippen molar-refractivity contribution in [1.82, 2.24) is 14.2 Å². The maximum absolute atomic E-state index is 12.4. The summed E-state index contributed by atoms with van der Waals surface area (Å²) in [4.78, 5) is 4.01. The number of thioether (sulfide) groups is 1. The molecule has 120 valence electrons. The third kappa shape index (κ3) is 3.52. The summed E-state index contributed by atoms with van der Waals surface area (Å²) in [5.41, 5.74) is 6.73. The molecule has 1 aromatic carbocycles. The normalized spacial score (nSPS) is 11.7. The highest BCUT2D eigenvalue weighted by Crippen LogP contribution is 2.25. The summed E-state index contributed by atoms with van der Waals surface area (Å²) in [5.74, 6) is 0.427. The Kier molecular flexibility index (Phi) is 4.62. The van der Waals surface area contributed by atoms with Gasteiger partial charge in [-0.05, 0) is 29.1 Å². The zero-order valence-corrected chi connectivity index (χ0v) is 14.8. The number of nitrogen functional groups attached to an aromatic ring is 1. The van der Waals surface area contributed by atoms with E-state index in [1.54, 1.807) is 23.6 Å². The summed E-state index contributed by atoms with van der Waals surface area (Å²) in [7, 11) is -3.79. The van der Waals surface area contributed by atoms with Crippen LogP contribution in [0.4, 0.5) is 5.95 Å². The number of anilines is 1. The number of nitrogens with two attached hydrogens (primary N) is 1. The number of aromatic nitrogens is 3. The number of hydrogen-bond donors (Lipinski definition) is 1. The zero-order valence-electron chi connectivity index (χ0n) is 11.6. The average molecular weight is 387 g/mol. The molecule has 0 amide bonds. The number of hydrogen-bond acceptors (Lipinski definition) is 7. The molecule has 6 nitrogen and oxygen atoms in total. The van der Waals surface area contributed by atoms with Gasteiger partial charge in [0, 0.05) is 10.8 Å². The van der Waals surface area contributed by atoms with Crippen LogP contribution < -0.4 is 5.73 Å². The lowest BCUT2D eigenvalue weighted by Gasteiger charge is -2.01. The quantitative estimate of drug-likeness (QED) is 0.677. The predicted octanol–water partition coefficient (Wildman–Crippen LogP) is 3.10. The van der Waals surface area contributed by atoms with E-state index in [1.165, 1.54) is 17.8 Å². The fourth-order valence-corrected chi connectivity index (χ4v) is 4.92. The molecule has 10 heteroatoms. The van der Waals surface area contributed by atoms with Gasteiger partial charge in [0.1, 0.15) is 4.21 Å². The van der Waals surface area contributed by atoms with Crippen LogP contribution in [0, 0.1) is 0 Å². The number of nitrogens with zero attached hydrogens (tertiary/aromatic N) is 3. The van der Waals surface area contributed by atoms with Crippen molar-refractivity contribution in [1.29, 1.82) is 0 Å². The van der Waals surface area contributed by atoms with Crippen molar-refractivity contribution in [3.05, 3.63) is 52.4 Å². The Balaban J connectivity index is 1.80. The summed E-state index contributed by atoms with van der Waals surface area (Å²) in [6, 6.07) is 10.5. The monoisotopic (exact) mass is 386 g/mol. The van der Waals surface area contributed by atoms with Gasteiger partial charge >= 0.3 is 0 Å². The van der Waals surface area contributed by atoms with Crippen LogP contribution in [0.25, 0.3) is 0 Å². The summed E-state index contributed by atoms with van der Waals surface area (Å²) in [5, 5.41) is 6.65. The highest BCUT2D eigenvalue weighted by molar-refractivity contribution is 7.98. The van der Waals surface area contributed by atoms with Crippen molar-refractivity contribution >= 4 is 50.7 Å². The third-order valence-electron chi connectivity index (χ3n) is 2.84. The molecule has 0 bridgehead atoms. The molecule has 0 fully saturated rings. The maximum Gasteiger partial charge on any atom is 0.295 e. The highest BCUT2D eigenvalue weighted by atomic mass is 35.5. The van der Waals surface area contributed by atoms with Gasteiger partial charge in [0.25, 0.3) is 10.0 Å². The first-order chi connectivity index (χ1) is 11.0. The average Bonchev–Trinajstić information content (AvgIpc) is 3.17. The van der Waals surface area contributed by atoms with E-state index >= 15 is 0 Å². The first kappa shape index (κ1) is 16.3. The van der Waals surface area contributed by atoms with Gasteiger partial charge in [-0.2, -0.15) is 13.4 Å². The van der Waals surface area contributed by atoms with Crippen molar-refractivity contribution in [2.45, 2.75) is 15.1 Å². The number of thiophene rings is 1. The largest absolute Gasteiger partial charge is 0.367 e. The predicted molar refractivity (Wildman–Crippen MR) is 92.4 cm³/mol. The van der Waals surface area contributed by atoms with E-state index in [-0.39, 0.29) is 10.2 Å². The van der Waals surface area contributed by atoms with Crippen LogP contribution in [-0.4, -0.2) is 22.6 Å². The van der Waals surface area contributed by atoms with Gasteiger partial charge in [-0.1, -0.05) is 41.6 Å². The Labute approximate surface area is 146 Å². The van der Waals surface area contributed by atoms with E-state index in [0.717, 1.165) is 21.0 Å². The second kappa shape index (κ2) is 6.52. The Morgan fingerprint density at radius 1 is 1.26 bits per heavy atom. The molecule has 0 aliphatic rings. The van der Waals surface area contributed by atoms with Gasteiger partial charge in [0.2, 0.25) is 11.1 Å². The van der Waals surface area contributed by atoms with E-state index in [1.807, 2.05) is 12.1 Å². The van der Waals surface area contributed by atoms with Crippen molar-refractivity contribution in [2.75, 3.05) is 5.73 Å². The molecule has 3 rings (SSSR count). The molecule has 2 aromatic heterocycles. The lowest BCUT2D eigenvalue weighted by atomic mass is 10.2. The van der Waals surface area contributed by atoms with Gasteiger partial charge < -0.3 is 5.73 Å². The molecule has 23 heavy (non-hydrogen) atoms. The molecular weight excluding hydrogens is 376 g/mol. The zero-order chi connectivity index (χ0) is 16.4. The SMILES string of the molecule is Nc1nc(SCc2ccc(Cl)cc2)nn1S(=O)(=O)c1cccs1. The van der Waals surface area contributed by atoms with E-state index in [4.69, 9.17) is 17.3 Å². The van der Waals surface area contributed by atoms with E-state index < -0.39 is 10.0 Å². The lowest BCUT2D eigenvalue weighted by molar-refractivity contribution is 0.582. The minimum absolute atomic E-state index is 0.156. The third-order valence-corrected chi connectivity index (χ3v) is 6.95. The Hall–Kier alpha value is -1.55. The minimum Gasteiger partial charge on any atom is -0.367 e.